The number of rotatable bonds is 4. The fraction of sp³-hybridized carbons (Fsp3) is 0.421. The van der Waals surface area contributed by atoms with Crippen molar-refractivity contribution in [2.75, 3.05) is 5.32 Å². The Balaban J connectivity index is 1.88. The Morgan fingerprint density at radius 3 is 2.73 bits per heavy atom. The Bertz CT molecular complexity index is 903. The second-order valence-electron chi connectivity index (χ2n) is 6.54. The largest absolute Gasteiger partial charge is 0.459 e. The first-order chi connectivity index (χ1) is 12.4. The van der Waals surface area contributed by atoms with Gasteiger partial charge in [-0.05, 0) is 57.6 Å². The van der Waals surface area contributed by atoms with Gasteiger partial charge >= 0.3 is 5.97 Å². The highest BCUT2D eigenvalue weighted by molar-refractivity contribution is 7.18. The van der Waals surface area contributed by atoms with Gasteiger partial charge in [-0.3, -0.25) is 4.79 Å². The van der Waals surface area contributed by atoms with Gasteiger partial charge in [0.25, 0.3) is 5.91 Å². The van der Waals surface area contributed by atoms with Crippen molar-refractivity contribution in [3.05, 3.63) is 37.4 Å². The lowest BCUT2D eigenvalue weighted by molar-refractivity contribution is 0.0383. The maximum atomic E-state index is 12.8. The molecule has 3 rings (SSSR count). The number of carbonyl (C=O) groups excluding carboxylic acids is 2. The highest BCUT2D eigenvalue weighted by Gasteiger charge is 2.25. The molecule has 0 bridgehead atoms. The van der Waals surface area contributed by atoms with Gasteiger partial charge in [0.2, 0.25) is 0 Å². The predicted octanol–water partition coefficient (Wildman–Crippen LogP) is 4.69. The van der Waals surface area contributed by atoms with Crippen LogP contribution in [0.4, 0.5) is 5.00 Å². The van der Waals surface area contributed by atoms with Gasteiger partial charge in [0.05, 0.1) is 17.2 Å². The summed E-state index contributed by atoms with van der Waals surface area (Å²) in [5, 5.41) is 14.6. The molecule has 0 aliphatic heterocycles. The van der Waals surface area contributed by atoms with Gasteiger partial charge < -0.3 is 10.1 Å². The molecule has 1 N–H and O–H groups in total. The number of anilines is 1. The van der Waals surface area contributed by atoms with E-state index in [1.165, 1.54) is 11.3 Å². The van der Waals surface area contributed by atoms with E-state index in [-0.39, 0.29) is 12.0 Å². The fourth-order valence-corrected chi connectivity index (χ4v) is 5.21. The Morgan fingerprint density at radius 1 is 1.31 bits per heavy atom. The summed E-state index contributed by atoms with van der Waals surface area (Å²) in [6.45, 7) is 5.25. The topological polar surface area (TPSA) is 79.2 Å². The zero-order valence-electron chi connectivity index (χ0n) is 15.0. The summed E-state index contributed by atoms with van der Waals surface area (Å²) >= 11 is 2.72. The lowest BCUT2D eigenvalue weighted by atomic mass is 9.95. The second kappa shape index (κ2) is 7.60. The molecule has 136 valence electrons. The molecule has 7 heteroatoms. The Morgan fingerprint density at radius 2 is 2.04 bits per heavy atom. The maximum Gasteiger partial charge on any atom is 0.348 e. The summed E-state index contributed by atoms with van der Waals surface area (Å²) in [6.07, 6.45) is 3.96. The third-order valence-corrected chi connectivity index (χ3v) is 6.60. The van der Waals surface area contributed by atoms with Crippen LogP contribution in [0.15, 0.2) is 5.38 Å². The van der Waals surface area contributed by atoms with Crippen LogP contribution in [-0.4, -0.2) is 18.0 Å². The first-order valence-electron chi connectivity index (χ1n) is 8.57. The number of hydrogen-bond acceptors (Lipinski definition) is 6. The van der Waals surface area contributed by atoms with Crippen LogP contribution < -0.4 is 5.32 Å². The number of nitrogens with zero attached hydrogens (tertiary/aromatic N) is 1. The fourth-order valence-electron chi connectivity index (χ4n) is 3.05. The number of ether oxygens (including phenoxy) is 1. The molecule has 0 aromatic carbocycles. The number of nitrogens with one attached hydrogen (secondary N) is 1. The van der Waals surface area contributed by atoms with Gasteiger partial charge in [0.15, 0.2) is 0 Å². The van der Waals surface area contributed by atoms with Crippen molar-refractivity contribution in [3.63, 3.8) is 0 Å². The molecular formula is C19H20N2O3S2. The smallest absolute Gasteiger partial charge is 0.348 e. The number of thiophene rings is 2. The van der Waals surface area contributed by atoms with Crippen molar-refractivity contribution in [3.8, 4) is 6.07 Å². The van der Waals surface area contributed by atoms with Gasteiger partial charge in [-0.1, -0.05) is 0 Å². The molecule has 2 aromatic heterocycles. The third kappa shape index (κ3) is 3.53. The Labute approximate surface area is 160 Å². The minimum atomic E-state index is -0.465. The molecule has 2 heterocycles. The highest BCUT2D eigenvalue weighted by Crippen LogP contribution is 2.35. The summed E-state index contributed by atoms with van der Waals surface area (Å²) in [7, 11) is 0. The minimum absolute atomic E-state index is 0.217. The van der Waals surface area contributed by atoms with E-state index in [2.05, 4.69) is 11.4 Å². The first kappa shape index (κ1) is 18.6. The average Bonchev–Trinajstić information content (AvgIpc) is 3.15. The molecule has 0 atom stereocenters. The van der Waals surface area contributed by atoms with Crippen molar-refractivity contribution in [1.29, 1.82) is 5.26 Å². The van der Waals surface area contributed by atoms with Crippen LogP contribution >= 0.6 is 22.7 Å². The number of fused-ring (bicyclic) bond motifs is 1. The molecule has 1 aliphatic carbocycles. The van der Waals surface area contributed by atoms with Gasteiger partial charge in [-0.2, -0.15) is 5.26 Å². The molecule has 0 radical (unpaired) electrons. The first-order valence-corrected chi connectivity index (χ1v) is 10.3. The van der Waals surface area contributed by atoms with Gasteiger partial charge in [-0.25, -0.2) is 4.79 Å². The van der Waals surface area contributed by atoms with Crippen LogP contribution in [0, 0.1) is 18.3 Å². The number of amides is 1. The van der Waals surface area contributed by atoms with E-state index >= 15 is 0 Å². The van der Waals surface area contributed by atoms with E-state index in [0.29, 0.717) is 26.6 Å². The van der Waals surface area contributed by atoms with Crippen LogP contribution in [-0.2, 0) is 17.6 Å². The van der Waals surface area contributed by atoms with E-state index in [0.717, 1.165) is 36.2 Å². The van der Waals surface area contributed by atoms with E-state index in [1.807, 2.05) is 5.38 Å². The molecular weight excluding hydrogens is 368 g/mol. The van der Waals surface area contributed by atoms with Crippen molar-refractivity contribution in [1.82, 2.24) is 0 Å². The summed E-state index contributed by atoms with van der Waals surface area (Å²) in [5.74, 6) is -0.682. The Hall–Kier alpha value is -2.17. The number of aryl methyl sites for hydroxylation is 1. The second-order valence-corrected chi connectivity index (χ2v) is 8.52. The van der Waals surface area contributed by atoms with E-state index in [4.69, 9.17) is 4.74 Å². The lowest BCUT2D eigenvalue weighted by Crippen LogP contribution is -2.14. The standard InChI is InChI=1S/C19H20N2O3S2/c1-10(2)24-19(23)16-11(3)13(8-20)18(26-16)21-17(22)14-9-25-15-7-5-4-6-12(14)15/h9-10H,4-7H2,1-3H3,(H,21,22). The zero-order chi connectivity index (χ0) is 18.8. The van der Waals surface area contributed by atoms with Crippen molar-refractivity contribution < 1.29 is 14.3 Å². The lowest BCUT2D eigenvalue weighted by Gasteiger charge is -2.12. The molecule has 0 saturated heterocycles. The van der Waals surface area contributed by atoms with Crippen LogP contribution in [0.25, 0.3) is 0 Å². The summed E-state index contributed by atoms with van der Waals surface area (Å²) in [4.78, 5) is 26.6. The van der Waals surface area contributed by atoms with Crippen LogP contribution in [0.2, 0.25) is 0 Å². The van der Waals surface area contributed by atoms with Crippen LogP contribution in [0.3, 0.4) is 0 Å². The molecule has 2 aromatic rings. The highest BCUT2D eigenvalue weighted by atomic mass is 32.1. The minimum Gasteiger partial charge on any atom is -0.459 e. The average molecular weight is 389 g/mol. The van der Waals surface area contributed by atoms with Crippen molar-refractivity contribution in [2.24, 2.45) is 0 Å². The van der Waals surface area contributed by atoms with Crippen molar-refractivity contribution in [2.45, 2.75) is 52.6 Å². The third-order valence-electron chi connectivity index (χ3n) is 4.32. The number of carbonyl (C=O) groups is 2. The van der Waals surface area contributed by atoms with Gasteiger partial charge in [-0.15, -0.1) is 22.7 Å². The van der Waals surface area contributed by atoms with Gasteiger partial charge in [0, 0.05) is 10.3 Å². The quantitative estimate of drug-likeness (QED) is 0.771. The van der Waals surface area contributed by atoms with Crippen LogP contribution in [0.1, 0.15) is 68.3 Å². The molecule has 1 aliphatic rings. The molecule has 26 heavy (non-hydrogen) atoms. The van der Waals surface area contributed by atoms with E-state index in [9.17, 15) is 14.9 Å². The predicted molar refractivity (Wildman–Crippen MR) is 103 cm³/mol. The molecule has 0 spiro atoms. The summed E-state index contributed by atoms with van der Waals surface area (Å²) in [6, 6.07) is 2.10. The Kier molecular flexibility index (Phi) is 5.44. The number of hydrogen-bond donors (Lipinski definition) is 1. The number of esters is 1. The molecule has 0 saturated carbocycles. The molecule has 5 nitrogen and oxygen atoms in total. The van der Waals surface area contributed by atoms with Gasteiger partial charge in [0.1, 0.15) is 15.9 Å². The molecule has 0 unspecified atom stereocenters. The zero-order valence-corrected chi connectivity index (χ0v) is 16.6. The summed E-state index contributed by atoms with van der Waals surface area (Å²) < 4.78 is 5.23. The van der Waals surface area contributed by atoms with E-state index < -0.39 is 5.97 Å². The van der Waals surface area contributed by atoms with Crippen LogP contribution in [0.5, 0.6) is 0 Å². The van der Waals surface area contributed by atoms with Crippen molar-refractivity contribution >= 4 is 39.6 Å². The normalized spacial score (nSPS) is 13.2. The molecule has 0 fully saturated rings. The molecule has 1 amide bonds. The van der Waals surface area contributed by atoms with E-state index in [1.54, 1.807) is 32.1 Å². The maximum absolute atomic E-state index is 12.8. The monoisotopic (exact) mass is 388 g/mol. The number of nitriles is 1. The SMILES string of the molecule is Cc1c(C(=O)OC(C)C)sc(NC(=O)c2csc3c2CCCC3)c1C#N. The summed E-state index contributed by atoms with van der Waals surface area (Å²) in [5.41, 5.74) is 2.69.